The molecule has 10 heteroatoms. The van der Waals surface area contributed by atoms with E-state index in [4.69, 9.17) is 19.2 Å². The summed E-state index contributed by atoms with van der Waals surface area (Å²) in [6, 6.07) is 13.5. The van der Waals surface area contributed by atoms with Crippen LogP contribution in [0.15, 0.2) is 54.9 Å². The molecule has 2 aromatic carbocycles. The average molecular weight is 519 g/mol. The molecule has 0 amide bonds. The maximum absolute atomic E-state index is 12.2. The van der Waals surface area contributed by atoms with Crippen LogP contribution in [0.4, 0.5) is 11.6 Å². The summed E-state index contributed by atoms with van der Waals surface area (Å²) < 4.78 is 22.8. The Morgan fingerprint density at radius 1 is 0.921 bits per heavy atom. The minimum absolute atomic E-state index is 0.0301. The number of carbonyl (C=O) groups is 2. The zero-order valence-electron chi connectivity index (χ0n) is 21.8. The van der Waals surface area contributed by atoms with Crippen molar-refractivity contribution in [3.05, 3.63) is 60.4 Å². The maximum Gasteiger partial charge on any atom is 0.305 e. The Labute approximate surface area is 220 Å². The molecule has 2 aromatic heterocycles. The molecule has 0 aliphatic rings. The van der Waals surface area contributed by atoms with E-state index in [1.165, 1.54) is 7.11 Å². The van der Waals surface area contributed by atoms with E-state index in [-0.39, 0.29) is 24.6 Å². The molecule has 2 heterocycles. The first kappa shape index (κ1) is 26.5. The van der Waals surface area contributed by atoms with E-state index in [1.54, 1.807) is 39.7 Å². The second-order valence-corrected chi connectivity index (χ2v) is 8.48. The Hall–Kier alpha value is -4.60. The molecule has 10 nitrogen and oxygen atoms in total. The number of carbonyl (C=O) groups excluding carboxylic acids is 2. The molecular formula is C28H30N4O6. The van der Waals surface area contributed by atoms with Gasteiger partial charge in [-0.1, -0.05) is 12.1 Å². The number of aryl methyl sites for hydroxylation is 1. The number of nitrogens with one attached hydrogen (secondary N) is 1. The van der Waals surface area contributed by atoms with Crippen LogP contribution in [0.3, 0.4) is 0 Å². The van der Waals surface area contributed by atoms with Crippen LogP contribution in [0.5, 0.6) is 17.2 Å². The molecule has 4 aromatic rings. The monoisotopic (exact) mass is 518 g/mol. The van der Waals surface area contributed by atoms with E-state index in [0.717, 1.165) is 22.3 Å². The Morgan fingerprint density at radius 2 is 1.68 bits per heavy atom. The summed E-state index contributed by atoms with van der Waals surface area (Å²) in [5.41, 5.74) is 3.33. The van der Waals surface area contributed by atoms with Crippen molar-refractivity contribution in [2.75, 3.05) is 33.8 Å². The minimum atomic E-state index is -0.374. The summed E-state index contributed by atoms with van der Waals surface area (Å²) >= 11 is 0. The van der Waals surface area contributed by atoms with E-state index >= 15 is 0 Å². The molecule has 0 saturated carbocycles. The number of ether oxygens (including phenoxy) is 4. The molecule has 0 saturated heterocycles. The Balaban J connectivity index is 1.54. The number of aromatic nitrogens is 3. The lowest BCUT2D eigenvalue weighted by Gasteiger charge is -2.14. The molecule has 0 radical (unpaired) electrons. The Morgan fingerprint density at radius 3 is 2.37 bits per heavy atom. The summed E-state index contributed by atoms with van der Waals surface area (Å²) in [6.45, 7) is 0. The van der Waals surface area contributed by atoms with Crippen LogP contribution in [-0.2, 0) is 20.7 Å². The largest absolute Gasteiger partial charge is 0.493 e. The van der Waals surface area contributed by atoms with Crippen LogP contribution >= 0.6 is 0 Å². The SMILES string of the molecule is COC(=O)CCC(=O)CCc1cccc(-n2ccc3cnc(Nc4cc(OC)c(OC)c(OC)c4)nc32)c1. The van der Waals surface area contributed by atoms with Gasteiger partial charge in [-0.15, -0.1) is 0 Å². The average Bonchev–Trinajstić information content (AvgIpc) is 3.37. The third kappa shape index (κ3) is 6.03. The number of Topliss-reactive ketones (excluding diaryl/α,β-unsaturated/α-hetero) is 1. The smallest absolute Gasteiger partial charge is 0.305 e. The number of fused-ring (bicyclic) bond motifs is 1. The molecule has 0 unspecified atom stereocenters. The van der Waals surface area contributed by atoms with Gasteiger partial charge in [-0.05, 0) is 30.2 Å². The molecule has 0 spiro atoms. The highest BCUT2D eigenvalue weighted by molar-refractivity contribution is 5.83. The highest BCUT2D eigenvalue weighted by Gasteiger charge is 2.15. The van der Waals surface area contributed by atoms with E-state index < -0.39 is 0 Å². The highest BCUT2D eigenvalue weighted by Crippen LogP contribution is 2.40. The summed E-state index contributed by atoms with van der Waals surface area (Å²) in [4.78, 5) is 32.6. The minimum Gasteiger partial charge on any atom is -0.493 e. The van der Waals surface area contributed by atoms with Crippen molar-refractivity contribution in [2.45, 2.75) is 25.7 Å². The maximum atomic E-state index is 12.2. The van der Waals surface area contributed by atoms with Crippen LogP contribution in [0.1, 0.15) is 24.8 Å². The van der Waals surface area contributed by atoms with Crippen molar-refractivity contribution in [2.24, 2.45) is 0 Å². The fourth-order valence-corrected chi connectivity index (χ4v) is 4.08. The number of methoxy groups -OCH3 is 4. The van der Waals surface area contributed by atoms with Gasteiger partial charge in [-0.25, -0.2) is 4.98 Å². The predicted molar refractivity (Wildman–Crippen MR) is 143 cm³/mol. The van der Waals surface area contributed by atoms with Crippen molar-refractivity contribution < 1.29 is 28.5 Å². The van der Waals surface area contributed by atoms with Gasteiger partial charge in [-0.2, -0.15) is 4.98 Å². The normalized spacial score (nSPS) is 10.7. The van der Waals surface area contributed by atoms with Crippen molar-refractivity contribution in [1.29, 1.82) is 0 Å². The van der Waals surface area contributed by atoms with Crippen molar-refractivity contribution in [3.63, 3.8) is 0 Å². The fourth-order valence-electron chi connectivity index (χ4n) is 4.08. The lowest BCUT2D eigenvalue weighted by Crippen LogP contribution is -2.06. The third-order valence-corrected chi connectivity index (χ3v) is 6.07. The molecule has 0 bridgehead atoms. The number of hydrogen-bond donors (Lipinski definition) is 1. The van der Waals surface area contributed by atoms with Gasteiger partial charge in [0.05, 0.1) is 34.9 Å². The van der Waals surface area contributed by atoms with E-state index in [9.17, 15) is 9.59 Å². The second kappa shape index (κ2) is 12.1. The number of ketones is 1. The van der Waals surface area contributed by atoms with Crippen molar-refractivity contribution in [1.82, 2.24) is 14.5 Å². The summed E-state index contributed by atoms with van der Waals surface area (Å²) in [6.07, 6.45) is 4.92. The number of esters is 1. The van der Waals surface area contributed by atoms with Gasteiger partial charge >= 0.3 is 5.97 Å². The molecule has 1 N–H and O–H groups in total. The van der Waals surface area contributed by atoms with Crippen LogP contribution in [0, 0.1) is 0 Å². The van der Waals surface area contributed by atoms with Crippen LogP contribution in [-0.4, -0.2) is 54.7 Å². The predicted octanol–water partition coefficient (Wildman–Crippen LogP) is 4.64. The third-order valence-electron chi connectivity index (χ3n) is 6.07. The van der Waals surface area contributed by atoms with Crippen molar-refractivity contribution >= 4 is 34.4 Å². The van der Waals surface area contributed by atoms with Crippen LogP contribution < -0.4 is 19.5 Å². The van der Waals surface area contributed by atoms with Gasteiger partial charge in [0.1, 0.15) is 11.4 Å². The molecule has 0 fully saturated rings. The van der Waals surface area contributed by atoms with Crippen LogP contribution in [0.2, 0.25) is 0 Å². The zero-order valence-corrected chi connectivity index (χ0v) is 21.8. The van der Waals surface area contributed by atoms with Gasteiger partial charge in [0, 0.05) is 54.1 Å². The van der Waals surface area contributed by atoms with Gasteiger partial charge in [0.25, 0.3) is 0 Å². The quantitative estimate of drug-likeness (QED) is 0.268. The van der Waals surface area contributed by atoms with E-state index in [2.05, 4.69) is 15.0 Å². The van der Waals surface area contributed by atoms with Gasteiger partial charge in [0.2, 0.25) is 11.7 Å². The fraction of sp³-hybridized carbons (Fsp3) is 0.286. The lowest BCUT2D eigenvalue weighted by molar-refractivity contribution is -0.141. The Kier molecular flexibility index (Phi) is 8.42. The number of hydrogen-bond acceptors (Lipinski definition) is 9. The zero-order chi connectivity index (χ0) is 27.1. The number of nitrogens with zero attached hydrogens (tertiary/aromatic N) is 3. The first-order chi connectivity index (χ1) is 18.4. The highest BCUT2D eigenvalue weighted by atomic mass is 16.5. The number of rotatable bonds is 12. The first-order valence-corrected chi connectivity index (χ1v) is 12.0. The van der Waals surface area contributed by atoms with Crippen LogP contribution in [0.25, 0.3) is 16.7 Å². The second-order valence-electron chi connectivity index (χ2n) is 8.48. The standard InChI is InChI=1S/C28H30N4O6/c1-35-23-15-20(16-24(36-2)26(23)38-4)30-28-29-17-19-12-13-32(27(19)31-28)21-7-5-6-18(14-21)8-9-22(33)10-11-25(34)37-3/h5-7,12-17H,8-11H2,1-4H3,(H,29,30,31). The summed E-state index contributed by atoms with van der Waals surface area (Å²) in [7, 11) is 5.99. The van der Waals surface area contributed by atoms with Gasteiger partial charge < -0.3 is 28.8 Å². The van der Waals surface area contributed by atoms with Crippen molar-refractivity contribution in [3.8, 4) is 22.9 Å². The summed E-state index contributed by atoms with van der Waals surface area (Å²) in [5.74, 6) is 1.58. The Bertz CT molecular complexity index is 1420. The molecular weight excluding hydrogens is 488 g/mol. The summed E-state index contributed by atoms with van der Waals surface area (Å²) in [5, 5.41) is 4.09. The van der Waals surface area contributed by atoms with E-state index in [1.807, 2.05) is 41.1 Å². The first-order valence-electron chi connectivity index (χ1n) is 12.0. The molecule has 4 rings (SSSR count). The number of anilines is 2. The van der Waals surface area contributed by atoms with Gasteiger partial charge in [-0.3, -0.25) is 9.59 Å². The molecule has 0 aliphatic carbocycles. The molecule has 198 valence electrons. The number of benzene rings is 2. The lowest BCUT2D eigenvalue weighted by atomic mass is 10.0. The van der Waals surface area contributed by atoms with Gasteiger partial charge in [0.15, 0.2) is 11.5 Å². The van der Waals surface area contributed by atoms with E-state index in [0.29, 0.717) is 41.7 Å². The molecule has 0 atom stereocenters. The topological polar surface area (TPSA) is 114 Å². The molecule has 38 heavy (non-hydrogen) atoms. The molecule has 0 aliphatic heterocycles.